The van der Waals surface area contributed by atoms with E-state index in [1.165, 1.54) is 0 Å². The van der Waals surface area contributed by atoms with Gasteiger partial charge in [0.25, 0.3) is 0 Å². The van der Waals surface area contributed by atoms with Gasteiger partial charge in [-0.25, -0.2) is 4.39 Å². The number of halogens is 1. The molecular formula is C17H22FNO2. The monoisotopic (exact) mass is 291 g/mol. The molecule has 3 nitrogen and oxygen atoms in total. The van der Waals surface area contributed by atoms with E-state index in [0.29, 0.717) is 6.04 Å². The first kappa shape index (κ1) is 14.5. The van der Waals surface area contributed by atoms with Crippen molar-refractivity contribution in [2.24, 2.45) is 5.92 Å². The lowest BCUT2D eigenvalue weighted by atomic mass is 9.83. The third-order valence-corrected chi connectivity index (χ3v) is 4.96. The molecule has 3 rings (SSSR count). The molecular weight excluding hydrogens is 269 g/mol. The van der Waals surface area contributed by atoms with Crippen molar-refractivity contribution in [3.8, 4) is 0 Å². The van der Waals surface area contributed by atoms with Crippen LogP contribution in [0, 0.1) is 11.7 Å². The fourth-order valence-corrected chi connectivity index (χ4v) is 3.77. The van der Waals surface area contributed by atoms with Gasteiger partial charge in [0, 0.05) is 12.1 Å². The Labute approximate surface area is 124 Å². The number of fused-ring (bicyclic) bond motifs is 1. The second kappa shape index (κ2) is 6.14. The molecule has 21 heavy (non-hydrogen) atoms. The zero-order valence-electron chi connectivity index (χ0n) is 12.1. The van der Waals surface area contributed by atoms with Crippen LogP contribution >= 0.6 is 0 Å². The molecule has 0 heterocycles. The van der Waals surface area contributed by atoms with E-state index < -0.39 is 5.97 Å². The number of carbonyl (C=O) groups is 1. The molecule has 114 valence electrons. The second-order valence-corrected chi connectivity index (χ2v) is 6.31. The van der Waals surface area contributed by atoms with E-state index in [2.05, 4.69) is 5.32 Å². The van der Waals surface area contributed by atoms with E-state index in [9.17, 15) is 9.18 Å². The molecule has 0 aromatic heterocycles. The Morgan fingerprint density at radius 2 is 1.95 bits per heavy atom. The molecule has 1 fully saturated rings. The summed E-state index contributed by atoms with van der Waals surface area (Å²) in [7, 11) is 0. The Morgan fingerprint density at radius 3 is 2.67 bits per heavy atom. The van der Waals surface area contributed by atoms with Gasteiger partial charge in [-0.1, -0.05) is 12.1 Å². The zero-order chi connectivity index (χ0) is 14.8. The lowest BCUT2D eigenvalue weighted by Crippen LogP contribution is -2.38. The summed E-state index contributed by atoms with van der Waals surface area (Å²) in [4.78, 5) is 11.0. The quantitative estimate of drug-likeness (QED) is 0.897. The van der Waals surface area contributed by atoms with E-state index in [0.717, 1.165) is 56.1 Å². The highest BCUT2D eigenvalue weighted by Gasteiger charge is 2.29. The van der Waals surface area contributed by atoms with Gasteiger partial charge in [0.15, 0.2) is 0 Å². The molecule has 0 aliphatic heterocycles. The van der Waals surface area contributed by atoms with Crippen molar-refractivity contribution in [2.75, 3.05) is 0 Å². The van der Waals surface area contributed by atoms with Gasteiger partial charge < -0.3 is 10.4 Å². The van der Waals surface area contributed by atoms with E-state index in [1.54, 1.807) is 12.1 Å². The van der Waals surface area contributed by atoms with Crippen LogP contribution in [0.15, 0.2) is 18.2 Å². The fourth-order valence-electron chi connectivity index (χ4n) is 3.77. The van der Waals surface area contributed by atoms with Crippen molar-refractivity contribution >= 4 is 5.97 Å². The molecule has 1 unspecified atom stereocenters. The zero-order valence-corrected chi connectivity index (χ0v) is 12.1. The fraction of sp³-hybridized carbons (Fsp3) is 0.588. The first-order valence-corrected chi connectivity index (χ1v) is 7.91. The van der Waals surface area contributed by atoms with Gasteiger partial charge in [0.1, 0.15) is 5.82 Å². The molecule has 4 heteroatoms. The summed E-state index contributed by atoms with van der Waals surface area (Å²) in [6.45, 7) is 0. The molecule has 1 aromatic rings. The van der Waals surface area contributed by atoms with E-state index in [-0.39, 0.29) is 17.8 Å². The van der Waals surface area contributed by atoms with Crippen molar-refractivity contribution in [2.45, 2.75) is 57.0 Å². The normalized spacial score (nSPS) is 28.9. The Kier molecular flexibility index (Phi) is 4.24. The summed E-state index contributed by atoms with van der Waals surface area (Å²) >= 11 is 0. The lowest BCUT2D eigenvalue weighted by molar-refractivity contribution is -0.142. The van der Waals surface area contributed by atoms with Crippen molar-refractivity contribution in [1.82, 2.24) is 5.32 Å². The first-order valence-electron chi connectivity index (χ1n) is 7.91. The highest BCUT2D eigenvalue weighted by Crippen LogP contribution is 2.33. The number of benzene rings is 1. The van der Waals surface area contributed by atoms with Crippen molar-refractivity contribution < 1.29 is 14.3 Å². The predicted molar refractivity (Wildman–Crippen MR) is 78.6 cm³/mol. The van der Waals surface area contributed by atoms with Gasteiger partial charge in [-0.15, -0.1) is 0 Å². The van der Waals surface area contributed by atoms with Crippen LogP contribution in [0.5, 0.6) is 0 Å². The average Bonchev–Trinajstić information content (AvgIpc) is 2.49. The van der Waals surface area contributed by atoms with Gasteiger partial charge in [0.2, 0.25) is 0 Å². The summed E-state index contributed by atoms with van der Waals surface area (Å²) in [6.07, 6.45) is 6.17. The average molecular weight is 291 g/mol. The Balaban J connectivity index is 1.65. The van der Waals surface area contributed by atoms with Crippen LogP contribution < -0.4 is 5.32 Å². The number of carboxylic acids is 1. The van der Waals surface area contributed by atoms with Gasteiger partial charge in [-0.2, -0.15) is 0 Å². The molecule has 2 aliphatic rings. The Bertz CT molecular complexity index is 524. The maximum absolute atomic E-state index is 13.9. The number of nitrogens with one attached hydrogen (secondary N) is 1. The number of hydrogen-bond acceptors (Lipinski definition) is 2. The van der Waals surface area contributed by atoms with E-state index in [4.69, 9.17) is 5.11 Å². The molecule has 1 saturated carbocycles. The molecule has 0 saturated heterocycles. The van der Waals surface area contributed by atoms with Crippen LogP contribution in [-0.4, -0.2) is 17.1 Å². The second-order valence-electron chi connectivity index (χ2n) is 6.31. The minimum absolute atomic E-state index is 0.0893. The summed E-state index contributed by atoms with van der Waals surface area (Å²) < 4.78 is 13.9. The van der Waals surface area contributed by atoms with Crippen molar-refractivity contribution in [3.63, 3.8) is 0 Å². The summed E-state index contributed by atoms with van der Waals surface area (Å²) in [5, 5.41) is 12.7. The maximum Gasteiger partial charge on any atom is 0.306 e. The van der Waals surface area contributed by atoms with Gasteiger partial charge in [0.05, 0.1) is 5.92 Å². The van der Waals surface area contributed by atoms with Crippen LogP contribution in [0.25, 0.3) is 0 Å². The Morgan fingerprint density at radius 1 is 1.19 bits per heavy atom. The van der Waals surface area contributed by atoms with Crippen LogP contribution in [0.4, 0.5) is 4.39 Å². The number of hydrogen-bond donors (Lipinski definition) is 2. The number of rotatable bonds is 3. The molecule has 2 aliphatic carbocycles. The molecule has 0 amide bonds. The third kappa shape index (κ3) is 3.10. The maximum atomic E-state index is 13.9. The molecule has 1 aromatic carbocycles. The van der Waals surface area contributed by atoms with Crippen LogP contribution in [0.2, 0.25) is 0 Å². The molecule has 0 spiro atoms. The van der Waals surface area contributed by atoms with Gasteiger partial charge in [-0.05, 0) is 62.1 Å². The molecule has 0 bridgehead atoms. The molecule has 2 N–H and O–H groups in total. The van der Waals surface area contributed by atoms with E-state index >= 15 is 0 Å². The SMILES string of the molecule is O=C(O)C1CCC(NC2CCCc3c(F)cccc32)CC1. The minimum atomic E-state index is -0.668. The van der Waals surface area contributed by atoms with Crippen LogP contribution in [-0.2, 0) is 11.2 Å². The van der Waals surface area contributed by atoms with Gasteiger partial charge in [-0.3, -0.25) is 4.79 Å². The highest BCUT2D eigenvalue weighted by atomic mass is 19.1. The summed E-state index contributed by atoms with van der Waals surface area (Å²) in [6, 6.07) is 5.93. The lowest BCUT2D eigenvalue weighted by Gasteiger charge is -2.33. The number of carboxylic acid groups (broad SMARTS) is 1. The standard InChI is InChI=1S/C17H22FNO2/c18-15-5-1-4-14-13(15)3-2-6-16(14)19-12-9-7-11(8-10-12)17(20)21/h1,4-5,11-12,16,19H,2-3,6-10H2,(H,20,21). The third-order valence-electron chi connectivity index (χ3n) is 4.96. The summed E-state index contributed by atoms with van der Waals surface area (Å²) in [5.74, 6) is -0.939. The predicted octanol–water partition coefficient (Wildman–Crippen LogP) is 3.44. The van der Waals surface area contributed by atoms with Gasteiger partial charge >= 0.3 is 5.97 Å². The smallest absolute Gasteiger partial charge is 0.306 e. The van der Waals surface area contributed by atoms with Crippen molar-refractivity contribution in [1.29, 1.82) is 0 Å². The molecule has 1 atom stereocenters. The minimum Gasteiger partial charge on any atom is -0.481 e. The summed E-state index contributed by atoms with van der Waals surface area (Å²) in [5.41, 5.74) is 1.96. The van der Waals surface area contributed by atoms with E-state index in [1.807, 2.05) is 6.07 Å². The largest absolute Gasteiger partial charge is 0.481 e. The number of aliphatic carboxylic acids is 1. The van der Waals surface area contributed by atoms with Crippen LogP contribution in [0.3, 0.4) is 0 Å². The van der Waals surface area contributed by atoms with Crippen molar-refractivity contribution in [3.05, 3.63) is 35.1 Å². The molecule has 0 radical (unpaired) electrons. The first-order chi connectivity index (χ1) is 10.1. The topological polar surface area (TPSA) is 49.3 Å². The van der Waals surface area contributed by atoms with Crippen LogP contribution in [0.1, 0.15) is 55.7 Å². The highest BCUT2D eigenvalue weighted by molar-refractivity contribution is 5.70. The Hall–Kier alpha value is -1.42.